The number of benzene rings is 1. The third kappa shape index (κ3) is 2.44. The van der Waals surface area contributed by atoms with Gasteiger partial charge in [0.1, 0.15) is 0 Å². The van der Waals surface area contributed by atoms with E-state index in [1.54, 1.807) is 0 Å². The molecule has 3 aliphatic rings. The maximum atomic E-state index is 12.6. The van der Waals surface area contributed by atoms with Crippen LogP contribution in [0.3, 0.4) is 0 Å². The first kappa shape index (κ1) is 14.7. The van der Waals surface area contributed by atoms with Gasteiger partial charge in [0.25, 0.3) is 0 Å². The predicted molar refractivity (Wildman–Crippen MR) is 89.2 cm³/mol. The minimum absolute atomic E-state index is 0.00907. The van der Waals surface area contributed by atoms with E-state index < -0.39 is 0 Å². The monoisotopic (exact) mass is 312 g/mol. The second-order valence-corrected chi connectivity index (χ2v) is 7.55. The molecule has 1 aromatic carbocycles. The molecule has 4 rings (SSSR count). The number of carbonyl (C=O) groups is 2. The zero-order valence-corrected chi connectivity index (χ0v) is 13.9. The van der Waals surface area contributed by atoms with Crippen LogP contribution in [0.15, 0.2) is 24.3 Å². The van der Waals surface area contributed by atoms with Crippen molar-refractivity contribution in [3.05, 3.63) is 29.8 Å². The molecule has 4 nitrogen and oxygen atoms in total. The molecule has 2 aliphatic heterocycles. The number of anilines is 1. The Balaban J connectivity index is 1.64. The number of amides is 2. The number of hydrogen-bond donors (Lipinski definition) is 0. The van der Waals surface area contributed by atoms with Gasteiger partial charge in [-0.05, 0) is 24.5 Å². The van der Waals surface area contributed by atoms with Crippen molar-refractivity contribution in [3.8, 4) is 0 Å². The number of hydrogen-bond acceptors (Lipinski definition) is 2. The Morgan fingerprint density at radius 1 is 1.09 bits per heavy atom. The summed E-state index contributed by atoms with van der Waals surface area (Å²) in [5.41, 5.74) is 2.29. The molecule has 0 spiro atoms. The van der Waals surface area contributed by atoms with Crippen LogP contribution in [0.1, 0.15) is 38.2 Å². The van der Waals surface area contributed by atoms with Crippen LogP contribution in [0.5, 0.6) is 0 Å². The molecule has 2 fully saturated rings. The van der Waals surface area contributed by atoms with E-state index in [-0.39, 0.29) is 17.7 Å². The lowest BCUT2D eigenvalue weighted by atomic mass is 9.83. The predicted octanol–water partition coefficient (Wildman–Crippen LogP) is 2.64. The van der Waals surface area contributed by atoms with Gasteiger partial charge in [-0.1, -0.05) is 32.0 Å². The third-order valence-corrected chi connectivity index (χ3v) is 5.48. The Kier molecular flexibility index (Phi) is 3.43. The Bertz CT molecular complexity index is 651. The average molecular weight is 312 g/mol. The first-order valence-corrected chi connectivity index (χ1v) is 8.75. The number of para-hydroxylation sites is 1. The Morgan fingerprint density at radius 3 is 2.52 bits per heavy atom. The molecule has 0 N–H and O–H groups in total. The van der Waals surface area contributed by atoms with E-state index in [0.29, 0.717) is 17.7 Å². The fraction of sp³-hybridized carbons (Fsp3) is 0.579. The van der Waals surface area contributed by atoms with E-state index >= 15 is 0 Å². The summed E-state index contributed by atoms with van der Waals surface area (Å²) in [6, 6.07) is 8.24. The lowest BCUT2D eigenvalue weighted by Crippen LogP contribution is -2.43. The van der Waals surface area contributed by atoms with Crippen LogP contribution in [0.25, 0.3) is 0 Å². The highest BCUT2D eigenvalue weighted by Crippen LogP contribution is 2.44. The van der Waals surface area contributed by atoms with E-state index in [2.05, 4.69) is 12.1 Å². The molecule has 2 atom stereocenters. The zero-order valence-electron chi connectivity index (χ0n) is 13.9. The summed E-state index contributed by atoms with van der Waals surface area (Å²) in [5.74, 6) is 1.53. The highest BCUT2D eigenvalue weighted by atomic mass is 16.2. The molecule has 0 radical (unpaired) electrons. The van der Waals surface area contributed by atoms with Crippen LogP contribution in [-0.2, 0) is 9.59 Å². The summed E-state index contributed by atoms with van der Waals surface area (Å²) in [7, 11) is 0. The smallest absolute Gasteiger partial charge is 0.229 e. The molecular weight excluding hydrogens is 288 g/mol. The molecule has 23 heavy (non-hydrogen) atoms. The van der Waals surface area contributed by atoms with Gasteiger partial charge in [0.15, 0.2) is 0 Å². The summed E-state index contributed by atoms with van der Waals surface area (Å²) in [6.45, 7) is 6.27. The van der Waals surface area contributed by atoms with Gasteiger partial charge in [-0.15, -0.1) is 0 Å². The molecule has 4 heteroatoms. The highest BCUT2D eigenvalue weighted by Gasteiger charge is 2.45. The fourth-order valence-electron chi connectivity index (χ4n) is 4.08. The largest absolute Gasteiger partial charge is 0.341 e. The molecule has 0 bridgehead atoms. The SMILES string of the molecule is CC(C)C(=O)N1C[C@@H]2CN(C(=O)C3CC3)C[C@H]2c2ccccc21. The molecule has 2 amide bonds. The van der Waals surface area contributed by atoms with Crippen molar-refractivity contribution in [2.24, 2.45) is 17.8 Å². The van der Waals surface area contributed by atoms with Crippen LogP contribution in [0.2, 0.25) is 0 Å². The first-order chi connectivity index (χ1) is 11.1. The van der Waals surface area contributed by atoms with Crippen LogP contribution in [-0.4, -0.2) is 36.3 Å². The minimum Gasteiger partial charge on any atom is -0.341 e. The van der Waals surface area contributed by atoms with E-state index in [4.69, 9.17) is 0 Å². The molecule has 1 aromatic rings. The number of nitrogens with zero attached hydrogens (tertiary/aromatic N) is 2. The number of carbonyl (C=O) groups excluding carboxylic acids is 2. The molecule has 1 aliphatic carbocycles. The molecule has 122 valence electrons. The topological polar surface area (TPSA) is 40.6 Å². The lowest BCUT2D eigenvalue weighted by Gasteiger charge is -2.37. The van der Waals surface area contributed by atoms with Crippen molar-refractivity contribution in [1.29, 1.82) is 0 Å². The molecule has 0 unspecified atom stereocenters. The maximum Gasteiger partial charge on any atom is 0.229 e. The van der Waals surface area contributed by atoms with Gasteiger partial charge in [-0.2, -0.15) is 0 Å². The Hall–Kier alpha value is -1.84. The number of likely N-dealkylation sites (tertiary alicyclic amines) is 1. The van der Waals surface area contributed by atoms with Crippen LogP contribution in [0.4, 0.5) is 5.69 Å². The van der Waals surface area contributed by atoms with Gasteiger partial charge in [-0.25, -0.2) is 0 Å². The van der Waals surface area contributed by atoms with Gasteiger partial charge in [0.05, 0.1) is 0 Å². The molecule has 1 saturated heterocycles. The van der Waals surface area contributed by atoms with E-state index in [1.165, 1.54) is 5.56 Å². The highest BCUT2D eigenvalue weighted by molar-refractivity contribution is 5.96. The van der Waals surface area contributed by atoms with Crippen molar-refractivity contribution in [1.82, 2.24) is 4.90 Å². The lowest BCUT2D eigenvalue weighted by molar-refractivity contribution is -0.131. The standard InChI is InChI=1S/C19H24N2O2/c1-12(2)18(22)21-10-14-9-20(19(23)13-7-8-13)11-16(14)15-5-3-4-6-17(15)21/h3-6,12-14,16H,7-11H2,1-2H3/t14-,16+/m0/s1. The van der Waals surface area contributed by atoms with E-state index in [1.807, 2.05) is 35.8 Å². The number of rotatable bonds is 2. The average Bonchev–Trinajstić information content (AvgIpc) is 3.31. The summed E-state index contributed by atoms with van der Waals surface area (Å²) in [5, 5.41) is 0. The summed E-state index contributed by atoms with van der Waals surface area (Å²) < 4.78 is 0. The van der Waals surface area contributed by atoms with Gasteiger partial charge in [0, 0.05) is 49.0 Å². The Labute approximate surface area is 137 Å². The third-order valence-electron chi connectivity index (χ3n) is 5.48. The molecule has 0 aromatic heterocycles. The summed E-state index contributed by atoms with van der Waals surface area (Å²) >= 11 is 0. The van der Waals surface area contributed by atoms with Crippen molar-refractivity contribution in [3.63, 3.8) is 0 Å². The van der Waals surface area contributed by atoms with Gasteiger partial charge in [-0.3, -0.25) is 9.59 Å². The van der Waals surface area contributed by atoms with Crippen molar-refractivity contribution < 1.29 is 9.59 Å². The van der Waals surface area contributed by atoms with Gasteiger partial charge in [0.2, 0.25) is 11.8 Å². The number of fused-ring (bicyclic) bond motifs is 3. The molecule has 1 saturated carbocycles. The summed E-state index contributed by atoms with van der Waals surface area (Å²) in [6.07, 6.45) is 2.11. The second kappa shape index (κ2) is 5.36. The first-order valence-electron chi connectivity index (χ1n) is 8.75. The zero-order chi connectivity index (χ0) is 16.1. The molecular formula is C19H24N2O2. The normalized spacial score (nSPS) is 26.2. The van der Waals surface area contributed by atoms with Crippen molar-refractivity contribution in [2.45, 2.75) is 32.6 Å². The molecule has 2 heterocycles. The van der Waals surface area contributed by atoms with Crippen LogP contribution in [0, 0.1) is 17.8 Å². The van der Waals surface area contributed by atoms with Gasteiger partial charge < -0.3 is 9.80 Å². The van der Waals surface area contributed by atoms with Gasteiger partial charge >= 0.3 is 0 Å². The minimum atomic E-state index is -0.00907. The van der Waals surface area contributed by atoms with Crippen molar-refractivity contribution in [2.75, 3.05) is 24.5 Å². The maximum absolute atomic E-state index is 12.6. The summed E-state index contributed by atoms with van der Waals surface area (Å²) in [4.78, 5) is 29.1. The quantitative estimate of drug-likeness (QED) is 0.842. The second-order valence-electron chi connectivity index (χ2n) is 7.55. The van der Waals surface area contributed by atoms with Crippen LogP contribution >= 0.6 is 0 Å². The van der Waals surface area contributed by atoms with E-state index in [0.717, 1.165) is 38.2 Å². The van der Waals surface area contributed by atoms with E-state index in [9.17, 15) is 9.59 Å². The van der Waals surface area contributed by atoms with Crippen LogP contribution < -0.4 is 4.90 Å². The van der Waals surface area contributed by atoms with Crippen molar-refractivity contribution >= 4 is 17.5 Å². The fourth-order valence-corrected chi connectivity index (χ4v) is 4.08. The Morgan fingerprint density at radius 2 is 1.83 bits per heavy atom.